The Morgan fingerprint density at radius 3 is 2.84 bits per heavy atom. The number of likely N-dealkylation sites (tertiary alicyclic amines) is 1. The summed E-state index contributed by atoms with van der Waals surface area (Å²) in [7, 11) is 0. The van der Waals surface area contributed by atoms with E-state index in [9.17, 15) is 9.59 Å². The van der Waals surface area contributed by atoms with Crippen molar-refractivity contribution in [2.24, 2.45) is 0 Å². The van der Waals surface area contributed by atoms with Gasteiger partial charge in [0.25, 0.3) is 5.91 Å². The van der Waals surface area contributed by atoms with E-state index in [2.05, 4.69) is 0 Å². The molecule has 0 spiro atoms. The Morgan fingerprint density at radius 2 is 2.11 bits per heavy atom. The molecule has 2 aromatic rings. The number of carboxylic acids is 1. The third kappa shape index (κ3) is 2.10. The zero-order chi connectivity index (χ0) is 13.4. The summed E-state index contributed by atoms with van der Waals surface area (Å²) in [5.41, 5.74) is 0. The molecule has 3 rings (SSSR count). The van der Waals surface area contributed by atoms with E-state index in [0.29, 0.717) is 17.8 Å². The van der Waals surface area contributed by atoms with Crippen LogP contribution in [0.1, 0.15) is 22.5 Å². The number of thiophene rings is 1. The van der Waals surface area contributed by atoms with E-state index in [1.807, 2.05) is 30.3 Å². The fraction of sp³-hybridized carbons (Fsp3) is 0.286. The van der Waals surface area contributed by atoms with E-state index in [0.717, 1.165) is 16.5 Å². The number of carboxylic acid groups (broad SMARTS) is 1. The summed E-state index contributed by atoms with van der Waals surface area (Å²) < 4.78 is 1.05. The van der Waals surface area contributed by atoms with Crippen LogP contribution in [0.25, 0.3) is 10.1 Å². The second-order valence-electron chi connectivity index (χ2n) is 4.64. The Kier molecular flexibility index (Phi) is 2.98. The van der Waals surface area contributed by atoms with Crippen molar-refractivity contribution in [1.82, 2.24) is 4.90 Å². The number of carbonyl (C=O) groups excluding carboxylic acids is 1. The Labute approximate surface area is 114 Å². The zero-order valence-electron chi connectivity index (χ0n) is 10.2. The third-order valence-corrected chi connectivity index (χ3v) is 4.54. The van der Waals surface area contributed by atoms with Gasteiger partial charge in [0, 0.05) is 11.2 Å². The van der Waals surface area contributed by atoms with Gasteiger partial charge in [0.15, 0.2) is 0 Å². The Bertz CT molecular complexity index is 616. The molecule has 0 radical (unpaired) electrons. The third-order valence-electron chi connectivity index (χ3n) is 3.44. The number of aliphatic carboxylic acids is 1. The topological polar surface area (TPSA) is 57.6 Å². The Balaban J connectivity index is 1.93. The van der Waals surface area contributed by atoms with E-state index in [1.165, 1.54) is 16.2 Å². The highest BCUT2D eigenvalue weighted by molar-refractivity contribution is 7.20. The van der Waals surface area contributed by atoms with E-state index in [4.69, 9.17) is 5.11 Å². The number of benzene rings is 1. The number of rotatable bonds is 2. The van der Waals surface area contributed by atoms with Crippen molar-refractivity contribution < 1.29 is 14.7 Å². The monoisotopic (exact) mass is 275 g/mol. The fourth-order valence-electron chi connectivity index (χ4n) is 2.50. The van der Waals surface area contributed by atoms with Crippen LogP contribution in [0.4, 0.5) is 0 Å². The number of amides is 1. The number of hydrogen-bond acceptors (Lipinski definition) is 3. The molecule has 0 bridgehead atoms. The number of hydrogen-bond donors (Lipinski definition) is 1. The van der Waals surface area contributed by atoms with Gasteiger partial charge in [0.1, 0.15) is 6.04 Å². The summed E-state index contributed by atoms with van der Waals surface area (Å²) in [4.78, 5) is 25.6. The lowest BCUT2D eigenvalue weighted by atomic mass is 10.2. The molecule has 0 saturated carbocycles. The average molecular weight is 275 g/mol. The molecule has 1 amide bonds. The van der Waals surface area contributed by atoms with Crippen LogP contribution in [0.15, 0.2) is 30.3 Å². The molecule has 4 nitrogen and oxygen atoms in total. The summed E-state index contributed by atoms with van der Waals surface area (Å²) >= 11 is 1.42. The van der Waals surface area contributed by atoms with Crippen molar-refractivity contribution in [2.45, 2.75) is 18.9 Å². The summed E-state index contributed by atoms with van der Waals surface area (Å²) in [5, 5.41) is 10.2. The van der Waals surface area contributed by atoms with Crippen LogP contribution in [-0.4, -0.2) is 34.5 Å². The Morgan fingerprint density at radius 1 is 1.32 bits per heavy atom. The summed E-state index contributed by atoms with van der Waals surface area (Å²) in [6.07, 6.45) is 1.31. The predicted molar refractivity (Wildman–Crippen MR) is 73.5 cm³/mol. The standard InChI is InChI=1S/C14H13NO3S/c16-13(15-7-3-5-10(15)14(17)18)12-8-9-4-1-2-6-11(9)19-12/h1-2,4,6,8,10H,3,5,7H2,(H,17,18)/t10-/m1/s1. The van der Waals surface area contributed by atoms with Gasteiger partial charge in [0.05, 0.1) is 4.88 Å². The fourth-order valence-corrected chi connectivity index (χ4v) is 3.51. The molecule has 19 heavy (non-hydrogen) atoms. The molecule has 1 atom stereocenters. The second kappa shape index (κ2) is 4.66. The molecule has 5 heteroatoms. The van der Waals surface area contributed by atoms with E-state index >= 15 is 0 Å². The molecule has 0 unspecified atom stereocenters. The van der Waals surface area contributed by atoms with Crippen molar-refractivity contribution in [2.75, 3.05) is 6.54 Å². The molecule has 0 aliphatic carbocycles. The van der Waals surface area contributed by atoms with Crippen LogP contribution in [0.2, 0.25) is 0 Å². The maximum Gasteiger partial charge on any atom is 0.326 e. The maximum absolute atomic E-state index is 12.4. The zero-order valence-corrected chi connectivity index (χ0v) is 11.0. The maximum atomic E-state index is 12.4. The number of fused-ring (bicyclic) bond motifs is 1. The first-order valence-corrected chi connectivity index (χ1v) is 7.01. The quantitative estimate of drug-likeness (QED) is 0.916. The van der Waals surface area contributed by atoms with E-state index < -0.39 is 12.0 Å². The highest BCUT2D eigenvalue weighted by Gasteiger charge is 2.34. The van der Waals surface area contributed by atoms with E-state index in [-0.39, 0.29) is 5.91 Å². The predicted octanol–water partition coefficient (Wildman–Crippen LogP) is 2.59. The van der Waals surface area contributed by atoms with Gasteiger partial charge in [-0.2, -0.15) is 0 Å². The van der Waals surface area contributed by atoms with Gasteiger partial charge in [-0.3, -0.25) is 4.79 Å². The van der Waals surface area contributed by atoms with Gasteiger partial charge < -0.3 is 10.0 Å². The molecule has 1 aliphatic rings. The lowest BCUT2D eigenvalue weighted by molar-refractivity contribution is -0.141. The van der Waals surface area contributed by atoms with Gasteiger partial charge >= 0.3 is 5.97 Å². The minimum atomic E-state index is -0.910. The summed E-state index contributed by atoms with van der Waals surface area (Å²) in [5.74, 6) is -1.07. The lowest BCUT2D eigenvalue weighted by Gasteiger charge is -2.20. The molecular formula is C14H13NO3S. The lowest BCUT2D eigenvalue weighted by Crippen LogP contribution is -2.40. The van der Waals surface area contributed by atoms with Gasteiger partial charge in [-0.25, -0.2) is 4.79 Å². The SMILES string of the molecule is O=C(O)[C@H]1CCCN1C(=O)c1cc2ccccc2s1. The van der Waals surface area contributed by atoms with Crippen LogP contribution < -0.4 is 0 Å². The van der Waals surface area contributed by atoms with Crippen molar-refractivity contribution in [3.8, 4) is 0 Å². The first-order chi connectivity index (χ1) is 9.16. The molecule has 1 fully saturated rings. The molecule has 1 aliphatic heterocycles. The van der Waals surface area contributed by atoms with Crippen molar-refractivity contribution in [3.63, 3.8) is 0 Å². The minimum absolute atomic E-state index is 0.161. The van der Waals surface area contributed by atoms with Crippen LogP contribution in [0.5, 0.6) is 0 Å². The van der Waals surface area contributed by atoms with Crippen LogP contribution in [0.3, 0.4) is 0 Å². The normalized spacial score (nSPS) is 18.9. The highest BCUT2D eigenvalue weighted by atomic mass is 32.1. The average Bonchev–Trinajstić information content (AvgIpc) is 3.04. The second-order valence-corrected chi connectivity index (χ2v) is 5.73. The minimum Gasteiger partial charge on any atom is -0.480 e. The van der Waals surface area contributed by atoms with Crippen molar-refractivity contribution in [1.29, 1.82) is 0 Å². The molecule has 1 aromatic heterocycles. The first kappa shape index (κ1) is 12.2. The molecular weight excluding hydrogens is 262 g/mol. The highest BCUT2D eigenvalue weighted by Crippen LogP contribution is 2.28. The van der Waals surface area contributed by atoms with E-state index in [1.54, 1.807) is 0 Å². The molecule has 2 heterocycles. The molecule has 98 valence electrons. The number of nitrogens with zero attached hydrogens (tertiary/aromatic N) is 1. The van der Waals surface area contributed by atoms with Gasteiger partial charge in [-0.05, 0) is 30.4 Å². The largest absolute Gasteiger partial charge is 0.480 e. The smallest absolute Gasteiger partial charge is 0.326 e. The van der Waals surface area contributed by atoms with Crippen molar-refractivity contribution >= 4 is 33.3 Å². The van der Waals surface area contributed by atoms with Crippen LogP contribution in [0, 0.1) is 0 Å². The van der Waals surface area contributed by atoms with Gasteiger partial charge in [-0.1, -0.05) is 18.2 Å². The first-order valence-electron chi connectivity index (χ1n) is 6.19. The van der Waals surface area contributed by atoms with Gasteiger partial charge in [-0.15, -0.1) is 11.3 Å². The Hall–Kier alpha value is -1.88. The molecule has 1 saturated heterocycles. The number of carbonyl (C=O) groups is 2. The summed E-state index contributed by atoms with van der Waals surface area (Å²) in [6.45, 7) is 0.532. The molecule has 1 N–H and O–H groups in total. The van der Waals surface area contributed by atoms with Crippen molar-refractivity contribution in [3.05, 3.63) is 35.2 Å². The van der Waals surface area contributed by atoms with Crippen LogP contribution >= 0.6 is 11.3 Å². The van der Waals surface area contributed by atoms with Gasteiger partial charge in [0.2, 0.25) is 0 Å². The summed E-state index contributed by atoms with van der Waals surface area (Å²) in [6, 6.07) is 8.97. The van der Waals surface area contributed by atoms with Crippen LogP contribution in [-0.2, 0) is 4.79 Å². The molecule has 1 aromatic carbocycles.